The fourth-order valence-corrected chi connectivity index (χ4v) is 2.24. The highest BCUT2D eigenvalue weighted by molar-refractivity contribution is 5.79. The smallest absolute Gasteiger partial charge is 0.144 e. The summed E-state index contributed by atoms with van der Waals surface area (Å²) < 4.78 is 18.8. The summed E-state index contributed by atoms with van der Waals surface area (Å²) in [5.74, 6) is 0.419. The van der Waals surface area contributed by atoms with E-state index in [0.29, 0.717) is 11.4 Å². The number of nitrogens with zero attached hydrogens (tertiary/aromatic N) is 1. The van der Waals surface area contributed by atoms with E-state index in [1.165, 1.54) is 12.1 Å². The quantitative estimate of drug-likeness (QED) is 0.831. The van der Waals surface area contributed by atoms with E-state index in [1.54, 1.807) is 12.1 Å². The van der Waals surface area contributed by atoms with E-state index in [4.69, 9.17) is 10.5 Å². The van der Waals surface area contributed by atoms with Crippen molar-refractivity contribution >= 4 is 17.1 Å². The Labute approximate surface area is 125 Å². The minimum absolute atomic E-state index is 0.0587. The molecule has 0 saturated heterocycles. The van der Waals surface area contributed by atoms with Crippen LogP contribution in [0, 0.1) is 5.82 Å². The van der Waals surface area contributed by atoms with Crippen LogP contribution in [-0.4, -0.2) is 12.6 Å². The van der Waals surface area contributed by atoms with Crippen LogP contribution in [0.5, 0.6) is 5.75 Å². The SMILES string of the molecule is CCN(c1ccc(F)cc1)c1cccc(OC(C)C)c1N. The molecule has 4 heteroatoms. The lowest BCUT2D eigenvalue weighted by atomic mass is 10.2. The third-order valence-corrected chi connectivity index (χ3v) is 3.15. The van der Waals surface area contributed by atoms with E-state index in [9.17, 15) is 4.39 Å². The highest BCUT2D eigenvalue weighted by Crippen LogP contribution is 2.36. The summed E-state index contributed by atoms with van der Waals surface area (Å²) in [7, 11) is 0. The largest absolute Gasteiger partial charge is 0.489 e. The monoisotopic (exact) mass is 288 g/mol. The van der Waals surface area contributed by atoms with Crippen LogP contribution in [0.25, 0.3) is 0 Å². The molecule has 0 aliphatic carbocycles. The van der Waals surface area contributed by atoms with Crippen LogP contribution >= 0.6 is 0 Å². The number of benzene rings is 2. The Morgan fingerprint density at radius 3 is 2.38 bits per heavy atom. The molecule has 0 aliphatic heterocycles. The van der Waals surface area contributed by atoms with Gasteiger partial charge in [0.1, 0.15) is 11.6 Å². The topological polar surface area (TPSA) is 38.5 Å². The van der Waals surface area contributed by atoms with E-state index in [0.717, 1.165) is 17.9 Å². The van der Waals surface area contributed by atoms with Gasteiger partial charge in [0, 0.05) is 12.2 Å². The predicted octanol–water partition coefficient (Wildman–Crippen LogP) is 4.35. The number of para-hydroxylation sites is 1. The molecule has 0 unspecified atom stereocenters. The molecule has 0 heterocycles. The molecule has 2 N–H and O–H groups in total. The Morgan fingerprint density at radius 1 is 1.14 bits per heavy atom. The first-order valence-corrected chi connectivity index (χ1v) is 7.11. The summed E-state index contributed by atoms with van der Waals surface area (Å²) in [4.78, 5) is 2.03. The maximum absolute atomic E-state index is 13.1. The highest BCUT2D eigenvalue weighted by Gasteiger charge is 2.14. The summed E-state index contributed by atoms with van der Waals surface area (Å²) in [6.45, 7) is 6.67. The van der Waals surface area contributed by atoms with Gasteiger partial charge in [-0.2, -0.15) is 0 Å². The molecule has 2 rings (SSSR count). The lowest BCUT2D eigenvalue weighted by Gasteiger charge is -2.26. The molecule has 2 aromatic carbocycles. The van der Waals surface area contributed by atoms with Crippen molar-refractivity contribution < 1.29 is 9.13 Å². The number of hydrogen-bond donors (Lipinski definition) is 1. The zero-order valence-electron chi connectivity index (χ0n) is 12.6. The standard InChI is InChI=1S/C17H21FN2O/c1-4-20(14-10-8-13(18)9-11-14)15-6-5-7-16(17(15)19)21-12(2)3/h5-12H,4,19H2,1-3H3. The van der Waals surface area contributed by atoms with Crippen molar-refractivity contribution in [2.75, 3.05) is 17.2 Å². The molecule has 21 heavy (non-hydrogen) atoms. The van der Waals surface area contributed by atoms with Crippen LogP contribution in [0.2, 0.25) is 0 Å². The van der Waals surface area contributed by atoms with E-state index in [1.807, 2.05) is 43.9 Å². The van der Waals surface area contributed by atoms with Crippen molar-refractivity contribution in [1.29, 1.82) is 0 Å². The fraction of sp³-hybridized carbons (Fsp3) is 0.294. The molecule has 0 bridgehead atoms. The lowest BCUT2D eigenvalue weighted by Crippen LogP contribution is -2.18. The van der Waals surface area contributed by atoms with Gasteiger partial charge >= 0.3 is 0 Å². The Morgan fingerprint density at radius 2 is 1.81 bits per heavy atom. The molecule has 0 saturated carbocycles. The first kappa shape index (κ1) is 15.2. The third kappa shape index (κ3) is 3.45. The fourth-order valence-electron chi connectivity index (χ4n) is 2.24. The first-order valence-electron chi connectivity index (χ1n) is 7.11. The zero-order valence-corrected chi connectivity index (χ0v) is 12.6. The van der Waals surface area contributed by atoms with Gasteiger partial charge < -0.3 is 15.4 Å². The molecule has 112 valence electrons. The number of nitrogens with two attached hydrogens (primary N) is 1. The number of anilines is 3. The van der Waals surface area contributed by atoms with Crippen molar-refractivity contribution in [3.8, 4) is 5.75 Å². The zero-order chi connectivity index (χ0) is 15.4. The van der Waals surface area contributed by atoms with Crippen molar-refractivity contribution in [3.63, 3.8) is 0 Å². The maximum Gasteiger partial charge on any atom is 0.144 e. The van der Waals surface area contributed by atoms with E-state index in [-0.39, 0.29) is 11.9 Å². The van der Waals surface area contributed by atoms with Crippen LogP contribution in [0.4, 0.5) is 21.5 Å². The normalized spacial score (nSPS) is 10.7. The summed E-state index contributed by atoms with van der Waals surface area (Å²) >= 11 is 0. The second-order valence-electron chi connectivity index (χ2n) is 5.08. The summed E-state index contributed by atoms with van der Waals surface area (Å²) in [6, 6.07) is 12.1. The Hall–Kier alpha value is -2.23. The highest BCUT2D eigenvalue weighted by atomic mass is 19.1. The summed E-state index contributed by atoms with van der Waals surface area (Å²) in [6.07, 6.45) is 0.0587. The first-order chi connectivity index (χ1) is 10.0. The number of rotatable bonds is 5. The Bertz CT molecular complexity index is 596. The van der Waals surface area contributed by atoms with Gasteiger partial charge in [0.25, 0.3) is 0 Å². The number of nitrogen functional groups attached to an aromatic ring is 1. The van der Waals surface area contributed by atoms with E-state index in [2.05, 4.69) is 0 Å². The molecule has 3 nitrogen and oxygen atoms in total. The molecule has 0 aromatic heterocycles. The minimum atomic E-state index is -0.250. The lowest BCUT2D eigenvalue weighted by molar-refractivity contribution is 0.244. The average molecular weight is 288 g/mol. The molecule has 0 fully saturated rings. The van der Waals surface area contributed by atoms with Crippen LogP contribution in [0.15, 0.2) is 42.5 Å². The van der Waals surface area contributed by atoms with Crippen LogP contribution in [-0.2, 0) is 0 Å². The van der Waals surface area contributed by atoms with Crippen LogP contribution in [0.3, 0.4) is 0 Å². The van der Waals surface area contributed by atoms with Gasteiger partial charge in [-0.05, 0) is 57.2 Å². The van der Waals surface area contributed by atoms with Gasteiger partial charge in [-0.15, -0.1) is 0 Å². The molecule has 0 spiro atoms. The molecule has 0 atom stereocenters. The Balaban J connectivity index is 2.40. The van der Waals surface area contributed by atoms with Gasteiger partial charge in [0.05, 0.1) is 17.5 Å². The summed E-state index contributed by atoms with van der Waals surface area (Å²) in [5.41, 5.74) is 8.59. The van der Waals surface area contributed by atoms with E-state index >= 15 is 0 Å². The molecule has 0 radical (unpaired) electrons. The maximum atomic E-state index is 13.1. The van der Waals surface area contributed by atoms with Crippen molar-refractivity contribution in [3.05, 3.63) is 48.3 Å². The van der Waals surface area contributed by atoms with Gasteiger partial charge in [0.15, 0.2) is 0 Å². The molecule has 0 aliphatic rings. The second kappa shape index (κ2) is 6.48. The number of halogens is 1. The van der Waals surface area contributed by atoms with Gasteiger partial charge in [-0.1, -0.05) is 6.07 Å². The molecular weight excluding hydrogens is 267 g/mol. The van der Waals surface area contributed by atoms with E-state index < -0.39 is 0 Å². The van der Waals surface area contributed by atoms with Gasteiger partial charge in [0.2, 0.25) is 0 Å². The molecule has 0 amide bonds. The van der Waals surface area contributed by atoms with Crippen molar-refractivity contribution in [2.24, 2.45) is 0 Å². The number of ether oxygens (including phenoxy) is 1. The third-order valence-electron chi connectivity index (χ3n) is 3.15. The molecule has 2 aromatic rings. The number of hydrogen-bond acceptors (Lipinski definition) is 3. The second-order valence-corrected chi connectivity index (χ2v) is 5.08. The summed E-state index contributed by atoms with van der Waals surface area (Å²) in [5, 5.41) is 0. The minimum Gasteiger partial charge on any atom is -0.489 e. The van der Waals surface area contributed by atoms with Crippen molar-refractivity contribution in [2.45, 2.75) is 26.9 Å². The van der Waals surface area contributed by atoms with Gasteiger partial charge in [-0.25, -0.2) is 4.39 Å². The van der Waals surface area contributed by atoms with Gasteiger partial charge in [-0.3, -0.25) is 0 Å². The average Bonchev–Trinajstić information content (AvgIpc) is 2.45. The van der Waals surface area contributed by atoms with Crippen molar-refractivity contribution in [1.82, 2.24) is 0 Å². The van der Waals surface area contributed by atoms with Crippen LogP contribution < -0.4 is 15.4 Å². The molecular formula is C17H21FN2O. The van der Waals surface area contributed by atoms with Crippen LogP contribution in [0.1, 0.15) is 20.8 Å². The Kier molecular flexibility index (Phi) is 4.68. The predicted molar refractivity (Wildman–Crippen MR) is 85.7 cm³/mol.